The topological polar surface area (TPSA) is 119 Å². The van der Waals surface area contributed by atoms with Crippen LogP contribution in [0.15, 0.2) is 48.6 Å². The van der Waals surface area contributed by atoms with Crippen molar-refractivity contribution in [1.82, 2.24) is 5.32 Å². The number of allylic oxidation sites excluding steroid dienone is 8. The van der Waals surface area contributed by atoms with Crippen LogP contribution < -0.4 is 11.1 Å². The first-order chi connectivity index (χ1) is 23.9. The van der Waals surface area contributed by atoms with Gasteiger partial charge >= 0.3 is 11.9 Å². The highest BCUT2D eigenvalue weighted by Crippen LogP contribution is 2.18. The summed E-state index contributed by atoms with van der Waals surface area (Å²) in [5, 5.41) is 11.9. The van der Waals surface area contributed by atoms with E-state index < -0.39 is 12.0 Å². The molecule has 0 fully saturated rings. The van der Waals surface area contributed by atoms with Gasteiger partial charge in [-0.05, 0) is 96.4 Å². The van der Waals surface area contributed by atoms with E-state index in [0.29, 0.717) is 38.6 Å². The summed E-state index contributed by atoms with van der Waals surface area (Å²) >= 11 is 0. The minimum absolute atomic E-state index is 0.0532. The molecule has 7 heteroatoms. The van der Waals surface area contributed by atoms with Crippen LogP contribution in [0.2, 0.25) is 0 Å². The van der Waals surface area contributed by atoms with E-state index in [2.05, 4.69) is 67.8 Å². The first-order valence-corrected chi connectivity index (χ1v) is 20.0. The minimum atomic E-state index is -1.02. The fourth-order valence-corrected chi connectivity index (χ4v) is 5.68. The smallest absolute Gasteiger partial charge is 0.326 e. The van der Waals surface area contributed by atoms with Crippen LogP contribution in [0.4, 0.5) is 0 Å². The second kappa shape index (κ2) is 36.6. The molecule has 4 N–H and O–H groups in total. The molecule has 282 valence electrons. The average Bonchev–Trinajstić information content (AvgIpc) is 3.08. The minimum Gasteiger partial charge on any atom is -0.480 e. The van der Waals surface area contributed by atoms with Crippen LogP contribution in [0.25, 0.3) is 0 Å². The summed E-state index contributed by atoms with van der Waals surface area (Å²) in [7, 11) is 0. The molecule has 49 heavy (non-hydrogen) atoms. The number of carboxylic acids is 1. The Labute approximate surface area is 300 Å². The molecule has 0 aromatic heterocycles. The lowest BCUT2D eigenvalue weighted by atomic mass is 10.0. The Kier molecular flexibility index (Phi) is 34.6. The quantitative estimate of drug-likeness (QED) is 0.0347. The maximum absolute atomic E-state index is 12.6. The standard InChI is InChI=1S/C42H74N2O5/c1-3-5-7-9-10-11-12-13-14-15-16-17-18-19-20-21-22-23-24-25-30-36-41(46)49-38(32-27-8-6-4-2)33-28-26-29-35-40(45)44-39(42(47)48)34-31-37-43/h5,7,10-11,13-14,16-17,38-39H,3-4,6,8-9,12,15,18-37,43H2,1-2H3,(H,44,45)(H,47,48)/b7-5-,11-10-,14-13-,17-16-. The predicted octanol–water partition coefficient (Wildman–Crippen LogP) is 10.8. The van der Waals surface area contributed by atoms with E-state index in [0.717, 1.165) is 77.0 Å². The van der Waals surface area contributed by atoms with Gasteiger partial charge in [0.05, 0.1) is 0 Å². The third-order valence-corrected chi connectivity index (χ3v) is 8.66. The Hall–Kier alpha value is -2.67. The summed E-state index contributed by atoms with van der Waals surface area (Å²) < 4.78 is 5.91. The first-order valence-electron chi connectivity index (χ1n) is 20.0. The van der Waals surface area contributed by atoms with Gasteiger partial charge in [-0.15, -0.1) is 0 Å². The number of carboxylic acid groups (broad SMARTS) is 1. The van der Waals surface area contributed by atoms with Crippen molar-refractivity contribution in [2.24, 2.45) is 5.73 Å². The fourth-order valence-electron chi connectivity index (χ4n) is 5.68. The van der Waals surface area contributed by atoms with E-state index >= 15 is 0 Å². The zero-order valence-electron chi connectivity index (χ0n) is 31.5. The maximum atomic E-state index is 12.6. The van der Waals surface area contributed by atoms with Crippen LogP contribution >= 0.6 is 0 Å². The van der Waals surface area contributed by atoms with E-state index in [-0.39, 0.29) is 18.0 Å². The van der Waals surface area contributed by atoms with Gasteiger partial charge in [0.1, 0.15) is 12.1 Å². The lowest BCUT2D eigenvalue weighted by Crippen LogP contribution is -2.40. The molecule has 2 atom stereocenters. The molecule has 0 saturated heterocycles. The number of hydrogen-bond donors (Lipinski definition) is 3. The number of hydrogen-bond acceptors (Lipinski definition) is 5. The van der Waals surface area contributed by atoms with Crippen molar-refractivity contribution < 1.29 is 24.2 Å². The monoisotopic (exact) mass is 687 g/mol. The van der Waals surface area contributed by atoms with E-state index in [1.165, 1.54) is 57.8 Å². The molecule has 0 rings (SSSR count). The third kappa shape index (κ3) is 33.6. The predicted molar refractivity (Wildman–Crippen MR) is 206 cm³/mol. The summed E-state index contributed by atoms with van der Waals surface area (Å²) in [5.74, 6) is -1.33. The lowest BCUT2D eigenvalue weighted by molar-refractivity contribution is -0.150. The highest BCUT2D eigenvalue weighted by molar-refractivity contribution is 5.83. The molecule has 0 aliphatic rings. The summed E-state index contributed by atoms with van der Waals surface area (Å²) in [5.41, 5.74) is 5.47. The van der Waals surface area contributed by atoms with Gasteiger partial charge in [0.15, 0.2) is 0 Å². The number of nitrogens with two attached hydrogens (primary N) is 1. The van der Waals surface area contributed by atoms with Crippen molar-refractivity contribution in [3.63, 3.8) is 0 Å². The van der Waals surface area contributed by atoms with E-state index in [1.807, 2.05) is 0 Å². The van der Waals surface area contributed by atoms with Crippen LogP contribution in [-0.4, -0.2) is 41.6 Å². The Morgan fingerprint density at radius 3 is 1.69 bits per heavy atom. The van der Waals surface area contributed by atoms with Gasteiger partial charge in [-0.1, -0.05) is 127 Å². The highest BCUT2D eigenvalue weighted by atomic mass is 16.5. The zero-order chi connectivity index (χ0) is 36.0. The van der Waals surface area contributed by atoms with Crippen molar-refractivity contribution in [2.75, 3.05) is 6.54 Å². The lowest BCUT2D eigenvalue weighted by Gasteiger charge is -2.18. The van der Waals surface area contributed by atoms with E-state index in [1.54, 1.807) is 0 Å². The number of aliphatic carboxylic acids is 1. The number of unbranched alkanes of at least 4 members (excludes halogenated alkanes) is 13. The van der Waals surface area contributed by atoms with Crippen molar-refractivity contribution in [3.8, 4) is 0 Å². The van der Waals surface area contributed by atoms with Gasteiger partial charge in [0, 0.05) is 12.8 Å². The molecule has 0 radical (unpaired) electrons. The molecule has 0 saturated carbocycles. The first kappa shape index (κ1) is 46.3. The molecule has 0 bridgehead atoms. The number of ether oxygens (including phenoxy) is 1. The van der Waals surface area contributed by atoms with Gasteiger partial charge in [-0.3, -0.25) is 9.59 Å². The van der Waals surface area contributed by atoms with Gasteiger partial charge in [-0.2, -0.15) is 0 Å². The van der Waals surface area contributed by atoms with Crippen LogP contribution in [-0.2, 0) is 19.1 Å². The molecule has 0 aromatic rings. The molecule has 0 aromatic carbocycles. The molecular formula is C42H74N2O5. The zero-order valence-corrected chi connectivity index (χ0v) is 31.5. The number of carbonyl (C=O) groups is 3. The van der Waals surface area contributed by atoms with Crippen LogP contribution in [0, 0.1) is 0 Å². The van der Waals surface area contributed by atoms with Gasteiger partial charge in [0.25, 0.3) is 0 Å². The molecule has 0 heterocycles. The second-order valence-electron chi connectivity index (χ2n) is 13.3. The molecule has 0 spiro atoms. The molecule has 2 unspecified atom stereocenters. The molecule has 7 nitrogen and oxygen atoms in total. The highest BCUT2D eigenvalue weighted by Gasteiger charge is 2.19. The van der Waals surface area contributed by atoms with Crippen LogP contribution in [0.5, 0.6) is 0 Å². The van der Waals surface area contributed by atoms with Gasteiger partial charge < -0.3 is 20.9 Å². The average molecular weight is 687 g/mol. The van der Waals surface area contributed by atoms with Crippen LogP contribution in [0.1, 0.15) is 181 Å². The van der Waals surface area contributed by atoms with Gasteiger partial charge in [0.2, 0.25) is 5.91 Å². The van der Waals surface area contributed by atoms with Crippen molar-refractivity contribution >= 4 is 17.8 Å². The summed E-state index contributed by atoms with van der Waals surface area (Å²) in [6, 6.07) is -0.875. The summed E-state index contributed by atoms with van der Waals surface area (Å²) in [6.07, 6.45) is 43.2. The van der Waals surface area contributed by atoms with Crippen LogP contribution in [0.3, 0.4) is 0 Å². The Bertz CT molecular complexity index is 911. The molecule has 0 aliphatic heterocycles. The maximum Gasteiger partial charge on any atom is 0.326 e. The third-order valence-electron chi connectivity index (χ3n) is 8.66. The second-order valence-corrected chi connectivity index (χ2v) is 13.3. The fraction of sp³-hybridized carbons (Fsp3) is 0.738. The molecule has 1 amide bonds. The number of esters is 1. The Balaban J connectivity index is 3.99. The van der Waals surface area contributed by atoms with Crippen molar-refractivity contribution in [1.29, 1.82) is 0 Å². The molecule has 0 aliphatic carbocycles. The van der Waals surface area contributed by atoms with Crippen molar-refractivity contribution in [3.05, 3.63) is 48.6 Å². The van der Waals surface area contributed by atoms with E-state index in [9.17, 15) is 19.5 Å². The van der Waals surface area contributed by atoms with E-state index in [4.69, 9.17) is 10.5 Å². The Morgan fingerprint density at radius 1 is 0.612 bits per heavy atom. The normalized spacial score (nSPS) is 13.2. The van der Waals surface area contributed by atoms with Gasteiger partial charge in [-0.25, -0.2) is 4.79 Å². The SMILES string of the molecule is CC/C=C\C/C=C\C/C=C\C/C=C\CCCCCCCCCCC(=O)OC(CCCCCC)CCCCCC(=O)NC(CCCN)C(=O)O. The molecular weight excluding hydrogens is 612 g/mol. The number of amides is 1. The van der Waals surface area contributed by atoms with Crippen molar-refractivity contribution in [2.45, 2.75) is 193 Å². The number of carbonyl (C=O) groups excluding carboxylic acids is 2. The summed E-state index contributed by atoms with van der Waals surface area (Å²) in [6.45, 7) is 4.75. The number of rotatable bonds is 35. The largest absolute Gasteiger partial charge is 0.480 e. The Morgan fingerprint density at radius 2 is 1.12 bits per heavy atom. The summed E-state index contributed by atoms with van der Waals surface area (Å²) in [4.78, 5) is 36.1. The number of nitrogens with one attached hydrogen (secondary N) is 1.